The second-order valence-corrected chi connectivity index (χ2v) is 7.81. The van der Waals surface area contributed by atoms with Crippen LogP contribution in [-0.4, -0.2) is 30.9 Å². The van der Waals surface area contributed by atoms with Gasteiger partial charge in [-0.3, -0.25) is 4.79 Å². The molecule has 0 spiro atoms. The van der Waals surface area contributed by atoms with Crippen LogP contribution in [-0.2, 0) is 14.8 Å². The van der Waals surface area contributed by atoms with E-state index in [1.165, 1.54) is 24.3 Å². The minimum absolute atomic E-state index is 0.0336. The van der Waals surface area contributed by atoms with Gasteiger partial charge in [-0.2, -0.15) is 0 Å². The Bertz CT molecular complexity index is 1190. The number of sulfonamides is 1. The Kier molecular flexibility index (Phi) is 5.57. The summed E-state index contributed by atoms with van der Waals surface area (Å²) in [6, 6.07) is 12.4. The number of para-hydroxylation sites is 1. The van der Waals surface area contributed by atoms with Crippen molar-refractivity contribution in [3.05, 3.63) is 70.3 Å². The summed E-state index contributed by atoms with van der Waals surface area (Å²) in [5, 5.41) is 0.436. The molecule has 28 heavy (non-hydrogen) atoms. The lowest BCUT2D eigenvalue weighted by Crippen LogP contribution is -2.23. The topological polar surface area (TPSA) is 118 Å². The summed E-state index contributed by atoms with van der Waals surface area (Å²) in [5.74, 6) is -0.523. The first-order valence-electron chi connectivity index (χ1n) is 8.61. The van der Waals surface area contributed by atoms with Crippen molar-refractivity contribution in [2.45, 2.75) is 24.8 Å². The normalized spacial score (nSPS) is 12.6. The molecule has 1 heterocycles. The third-order valence-electron chi connectivity index (χ3n) is 4.01. The van der Waals surface area contributed by atoms with Gasteiger partial charge in [0.05, 0.1) is 21.4 Å². The van der Waals surface area contributed by atoms with Crippen LogP contribution >= 0.6 is 0 Å². The highest BCUT2D eigenvalue weighted by atomic mass is 32.2. The second kappa shape index (κ2) is 7.91. The molecule has 0 bridgehead atoms. The number of carbonyl (C=O) groups excluding carboxylic acids is 1. The van der Waals surface area contributed by atoms with E-state index < -0.39 is 22.1 Å². The third-order valence-corrected chi connectivity index (χ3v) is 5.56. The lowest BCUT2D eigenvalue weighted by Gasteiger charge is -2.13. The Labute approximate surface area is 161 Å². The first-order valence-corrected chi connectivity index (χ1v) is 10.1. The van der Waals surface area contributed by atoms with Gasteiger partial charge in [-0.25, -0.2) is 22.9 Å². The van der Waals surface area contributed by atoms with Crippen molar-refractivity contribution in [1.29, 1.82) is 0 Å². The Morgan fingerprint density at radius 1 is 1.21 bits per heavy atom. The lowest BCUT2D eigenvalue weighted by molar-refractivity contribution is 0.0319. The highest BCUT2D eigenvalue weighted by Gasteiger charge is 2.19. The molecule has 0 aliphatic carbocycles. The molecular formula is C19H19N3O5S. The number of ether oxygens (including phenoxy) is 1. The van der Waals surface area contributed by atoms with Gasteiger partial charge in [0.1, 0.15) is 0 Å². The second-order valence-electron chi connectivity index (χ2n) is 6.05. The number of aromatic amines is 1. The number of aromatic nitrogens is 2. The molecule has 3 aromatic rings. The maximum atomic E-state index is 12.5. The van der Waals surface area contributed by atoms with E-state index in [1.54, 1.807) is 38.1 Å². The molecule has 2 N–H and O–H groups in total. The predicted octanol–water partition coefficient (Wildman–Crippen LogP) is 2.14. The van der Waals surface area contributed by atoms with Gasteiger partial charge < -0.3 is 9.72 Å². The van der Waals surface area contributed by atoms with Gasteiger partial charge in [0.15, 0.2) is 11.9 Å². The molecule has 2 aromatic carbocycles. The Morgan fingerprint density at radius 2 is 1.96 bits per heavy atom. The highest BCUT2D eigenvalue weighted by molar-refractivity contribution is 7.89. The van der Waals surface area contributed by atoms with Gasteiger partial charge in [0.25, 0.3) is 5.56 Å². The summed E-state index contributed by atoms with van der Waals surface area (Å²) < 4.78 is 31.9. The van der Waals surface area contributed by atoms with Crippen molar-refractivity contribution in [3.63, 3.8) is 0 Å². The van der Waals surface area contributed by atoms with Crippen molar-refractivity contribution >= 4 is 26.9 Å². The third kappa shape index (κ3) is 4.10. The maximum absolute atomic E-state index is 12.5. The fraction of sp³-hybridized carbons (Fsp3) is 0.211. The van der Waals surface area contributed by atoms with E-state index in [9.17, 15) is 18.0 Å². The number of nitrogens with zero attached hydrogens (tertiary/aromatic N) is 1. The number of H-pyrrole nitrogens is 1. The SMILES string of the molecule is CCNS(=O)(=O)c1cccc(C(=O)OC(C)c2nc3ccccc3c(=O)[nH]2)c1. The van der Waals surface area contributed by atoms with Crippen molar-refractivity contribution in [3.8, 4) is 0 Å². The number of benzene rings is 2. The summed E-state index contributed by atoms with van der Waals surface area (Å²) in [4.78, 5) is 31.5. The Balaban J connectivity index is 1.84. The van der Waals surface area contributed by atoms with Crippen LogP contribution in [0.3, 0.4) is 0 Å². The van der Waals surface area contributed by atoms with E-state index in [1.807, 2.05) is 0 Å². The molecule has 9 heteroatoms. The van der Waals surface area contributed by atoms with Gasteiger partial charge in [0, 0.05) is 6.54 Å². The number of hydrogen-bond donors (Lipinski definition) is 2. The lowest BCUT2D eigenvalue weighted by atomic mass is 10.2. The van der Waals surface area contributed by atoms with E-state index >= 15 is 0 Å². The van der Waals surface area contributed by atoms with Crippen LogP contribution in [0.25, 0.3) is 10.9 Å². The van der Waals surface area contributed by atoms with E-state index in [0.717, 1.165) is 0 Å². The van der Waals surface area contributed by atoms with Crippen LogP contribution in [0.5, 0.6) is 0 Å². The fourth-order valence-corrected chi connectivity index (χ4v) is 3.73. The van der Waals surface area contributed by atoms with Gasteiger partial charge >= 0.3 is 5.97 Å². The quantitative estimate of drug-likeness (QED) is 0.611. The molecule has 0 fully saturated rings. The number of carbonyl (C=O) groups is 1. The van der Waals surface area contributed by atoms with Crippen LogP contribution in [0.4, 0.5) is 0 Å². The van der Waals surface area contributed by atoms with Crippen LogP contribution < -0.4 is 10.3 Å². The molecule has 0 amide bonds. The average molecular weight is 401 g/mol. The summed E-state index contributed by atoms with van der Waals surface area (Å²) in [7, 11) is -3.69. The minimum Gasteiger partial charge on any atom is -0.451 e. The van der Waals surface area contributed by atoms with E-state index in [2.05, 4.69) is 14.7 Å². The molecule has 0 saturated heterocycles. The molecule has 0 aliphatic heterocycles. The Morgan fingerprint density at radius 3 is 2.71 bits per heavy atom. The fourth-order valence-electron chi connectivity index (χ4n) is 2.65. The summed E-state index contributed by atoms with van der Waals surface area (Å²) in [5.41, 5.74) is 0.235. The molecule has 3 rings (SSSR count). The van der Waals surface area contributed by atoms with Gasteiger partial charge in [-0.05, 0) is 37.3 Å². The van der Waals surface area contributed by atoms with Gasteiger partial charge in [0.2, 0.25) is 10.0 Å². The summed E-state index contributed by atoms with van der Waals surface area (Å²) in [6.07, 6.45) is -0.834. The van der Waals surface area contributed by atoms with Gasteiger partial charge in [-0.1, -0.05) is 25.1 Å². The molecule has 0 aliphatic rings. The predicted molar refractivity (Wildman–Crippen MR) is 103 cm³/mol. The molecule has 1 aromatic heterocycles. The van der Waals surface area contributed by atoms with Crippen molar-refractivity contribution in [2.75, 3.05) is 6.54 Å². The highest BCUT2D eigenvalue weighted by Crippen LogP contribution is 2.18. The van der Waals surface area contributed by atoms with Crippen molar-refractivity contribution < 1.29 is 17.9 Å². The van der Waals surface area contributed by atoms with Crippen molar-refractivity contribution in [2.24, 2.45) is 0 Å². The molecular weight excluding hydrogens is 382 g/mol. The molecule has 0 radical (unpaired) electrons. The number of fused-ring (bicyclic) bond motifs is 1. The molecule has 146 valence electrons. The monoisotopic (exact) mass is 401 g/mol. The van der Waals surface area contributed by atoms with Crippen LogP contribution in [0, 0.1) is 0 Å². The van der Waals surface area contributed by atoms with Crippen LogP contribution in [0.2, 0.25) is 0 Å². The number of esters is 1. The summed E-state index contributed by atoms with van der Waals surface area (Å²) >= 11 is 0. The zero-order valence-corrected chi connectivity index (χ0v) is 16.1. The minimum atomic E-state index is -3.69. The van der Waals surface area contributed by atoms with E-state index in [0.29, 0.717) is 10.9 Å². The van der Waals surface area contributed by atoms with Crippen LogP contribution in [0.15, 0.2) is 58.2 Å². The van der Waals surface area contributed by atoms with E-state index in [-0.39, 0.29) is 28.4 Å². The first kappa shape index (κ1) is 19.7. The zero-order valence-electron chi connectivity index (χ0n) is 15.3. The number of hydrogen-bond acceptors (Lipinski definition) is 6. The smallest absolute Gasteiger partial charge is 0.338 e. The molecule has 1 atom stereocenters. The molecule has 0 saturated carbocycles. The van der Waals surface area contributed by atoms with Crippen molar-refractivity contribution in [1.82, 2.24) is 14.7 Å². The number of nitrogens with one attached hydrogen (secondary N) is 2. The molecule has 8 nitrogen and oxygen atoms in total. The standard InChI is InChI=1S/C19H19N3O5S/c1-3-20-28(25,26)14-8-6-7-13(11-14)19(24)27-12(2)17-21-16-10-5-4-9-15(16)18(23)22-17/h4-12,20H,3H2,1-2H3,(H,21,22,23). The largest absolute Gasteiger partial charge is 0.451 e. The maximum Gasteiger partial charge on any atom is 0.338 e. The Hall–Kier alpha value is -3.04. The molecule has 1 unspecified atom stereocenters. The average Bonchev–Trinajstić information content (AvgIpc) is 2.68. The number of rotatable bonds is 6. The van der Waals surface area contributed by atoms with Crippen LogP contribution in [0.1, 0.15) is 36.1 Å². The van der Waals surface area contributed by atoms with Gasteiger partial charge in [-0.15, -0.1) is 0 Å². The van der Waals surface area contributed by atoms with E-state index in [4.69, 9.17) is 4.74 Å². The zero-order chi connectivity index (χ0) is 20.3. The summed E-state index contributed by atoms with van der Waals surface area (Å²) in [6.45, 7) is 3.47. The first-order chi connectivity index (χ1) is 13.3.